The minimum absolute atomic E-state index is 0.676. The van der Waals surface area contributed by atoms with Crippen molar-refractivity contribution in [1.82, 2.24) is 19.7 Å². The largest absolute Gasteiger partial charge is 0.292 e. The molecule has 1 fully saturated rings. The molecular weight excluding hydrogens is 320 g/mol. The summed E-state index contributed by atoms with van der Waals surface area (Å²) in [7, 11) is 1.96. The van der Waals surface area contributed by atoms with Crippen LogP contribution in [-0.2, 0) is 20.1 Å². The number of aryl methyl sites for hydroxylation is 2. The Morgan fingerprint density at radius 2 is 1.77 bits per heavy atom. The van der Waals surface area contributed by atoms with Crippen LogP contribution in [-0.4, -0.2) is 25.7 Å². The molecule has 1 aliphatic rings. The minimum Gasteiger partial charge on any atom is -0.292 e. The van der Waals surface area contributed by atoms with Gasteiger partial charge >= 0.3 is 0 Å². The van der Waals surface area contributed by atoms with E-state index in [1.54, 1.807) is 0 Å². The van der Waals surface area contributed by atoms with Crippen molar-refractivity contribution in [3.05, 3.63) is 59.4 Å². The number of aromatic nitrogens is 3. The molecule has 2 aromatic heterocycles. The summed E-state index contributed by atoms with van der Waals surface area (Å²) in [6.45, 7) is 4.03. The fourth-order valence-electron chi connectivity index (χ4n) is 4.25. The predicted octanol–water partition coefficient (Wildman–Crippen LogP) is 4.61. The van der Waals surface area contributed by atoms with Crippen LogP contribution in [0.25, 0.3) is 11.0 Å². The molecule has 0 N–H and O–H groups in total. The second-order valence-electron chi connectivity index (χ2n) is 7.61. The molecule has 1 aliphatic carbocycles. The minimum atomic E-state index is 0.676. The summed E-state index contributed by atoms with van der Waals surface area (Å²) in [5, 5.41) is 5.68. The van der Waals surface area contributed by atoms with Crippen molar-refractivity contribution in [2.45, 2.75) is 58.2 Å². The normalized spacial score (nSPS) is 15.8. The molecular formula is C22H28N4. The van der Waals surface area contributed by atoms with Crippen LogP contribution in [0.15, 0.2) is 42.6 Å². The number of hydrogen-bond donors (Lipinski definition) is 0. The highest BCUT2D eigenvalue weighted by Gasteiger charge is 2.22. The van der Waals surface area contributed by atoms with Crippen molar-refractivity contribution in [1.29, 1.82) is 0 Å². The van der Waals surface area contributed by atoms with Crippen LogP contribution >= 0.6 is 0 Å². The third-order valence-electron chi connectivity index (χ3n) is 5.62. The lowest BCUT2D eigenvalue weighted by Gasteiger charge is -2.34. The Morgan fingerprint density at radius 1 is 1.04 bits per heavy atom. The standard InChI is InChI=1S/C22H28N4/c1-17-21-13-19(14-23-22(21)25(2)24-17)16-26(20-11-7-4-8-12-20)15-18-9-5-3-6-10-18/h3,5-6,9-10,13-14,20H,4,7-8,11-12,15-16H2,1-2H3. The molecule has 0 bridgehead atoms. The average molecular weight is 348 g/mol. The van der Waals surface area contributed by atoms with Crippen molar-refractivity contribution in [2.24, 2.45) is 7.05 Å². The summed E-state index contributed by atoms with van der Waals surface area (Å²) in [4.78, 5) is 7.34. The Morgan fingerprint density at radius 3 is 2.54 bits per heavy atom. The van der Waals surface area contributed by atoms with Gasteiger partial charge in [-0.2, -0.15) is 5.10 Å². The lowest BCUT2D eigenvalue weighted by molar-refractivity contribution is 0.140. The molecule has 0 amide bonds. The molecule has 0 atom stereocenters. The van der Waals surface area contributed by atoms with Crippen molar-refractivity contribution < 1.29 is 0 Å². The number of rotatable bonds is 5. The fraction of sp³-hybridized carbons (Fsp3) is 0.455. The molecule has 26 heavy (non-hydrogen) atoms. The molecule has 4 rings (SSSR count). The molecule has 0 aliphatic heterocycles. The lowest BCUT2D eigenvalue weighted by Crippen LogP contribution is -2.35. The molecule has 4 nitrogen and oxygen atoms in total. The van der Waals surface area contributed by atoms with E-state index < -0.39 is 0 Å². The SMILES string of the molecule is Cc1nn(C)c2ncc(CN(Cc3ccccc3)C3CCCCC3)cc12. The number of hydrogen-bond acceptors (Lipinski definition) is 3. The first-order chi connectivity index (χ1) is 12.7. The molecule has 0 radical (unpaired) electrons. The molecule has 0 unspecified atom stereocenters. The number of fused-ring (bicyclic) bond motifs is 1. The predicted molar refractivity (Wildman–Crippen MR) is 106 cm³/mol. The molecule has 0 spiro atoms. The smallest absolute Gasteiger partial charge is 0.157 e. The summed E-state index contributed by atoms with van der Waals surface area (Å²) in [6, 6.07) is 13.8. The summed E-state index contributed by atoms with van der Waals surface area (Å²) in [5.41, 5.74) is 4.71. The van der Waals surface area contributed by atoms with Gasteiger partial charge in [-0.3, -0.25) is 9.58 Å². The summed E-state index contributed by atoms with van der Waals surface area (Å²) < 4.78 is 1.87. The van der Waals surface area contributed by atoms with Gasteiger partial charge < -0.3 is 0 Å². The molecule has 4 heteroatoms. The highest BCUT2D eigenvalue weighted by Crippen LogP contribution is 2.26. The Labute approximate surface area is 155 Å². The quantitative estimate of drug-likeness (QED) is 0.675. The van der Waals surface area contributed by atoms with E-state index in [2.05, 4.69) is 58.3 Å². The maximum atomic E-state index is 4.68. The van der Waals surface area contributed by atoms with Crippen molar-refractivity contribution in [3.8, 4) is 0 Å². The first-order valence-electron chi connectivity index (χ1n) is 9.77. The average Bonchev–Trinajstić information content (AvgIpc) is 2.96. The number of benzene rings is 1. The van der Waals surface area contributed by atoms with Crippen LogP contribution < -0.4 is 0 Å². The van der Waals surface area contributed by atoms with Crippen LogP contribution in [0.5, 0.6) is 0 Å². The van der Waals surface area contributed by atoms with E-state index in [0.717, 1.165) is 24.4 Å². The van der Waals surface area contributed by atoms with Crippen molar-refractivity contribution >= 4 is 11.0 Å². The van der Waals surface area contributed by atoms with Gasteiger partial charge in [-0.15, -0.1) is 0 Å². The zero-order valence-corrected chi connectivity index (χ0v) is 15.9. The van der Waals surface area contributed by atoms with E-state index in [9.17, 15) is 0 Å². The van der Waals surface area contributed by atoms with E-state index >= 15 is 0 Å². The molecule has 1 aromatic carbocycles. The second-order valence-corrected chi connectivity index (χ2v) is 7.61. The van der Waals surface area contributed by atoms with Gasteiger partial charge in [0.15, 0.2) is 5.65 Å². The topological polar surface area (TPSA) is 34.0 Å². The summed E-state index contributed by atoms with van der Waals surface area (Å²) in [6.07, 6.45) is 8.76. The van der Waals surface area contributed by atoms with Gasteiger partial charge in [-0.05, 0) is 37.0 Å². The maximum absolute atomic E-state index is 4.68. The Hall–Kier alpha value is -2.20. The van der Waals surface area contributed by atoms with Gasteiger partial charge in [0, 0.05) is 37.8 Å². The third-order valence-corrected chi connectivity index (χ3v) is 5.62. The van der Waals surface area contributed by atoms with Crippen LogP contribution in [0.2, 0.25) is 0 Å². The monoisotopic (exact) mass is 348 g/mol. The summed E-state index contributed by atoms with van der Waals surface area (Å²) >= 11 is 0. The van der Waals surface area contributed by atoms with E-state index in [-0.39, 0.29) is 0 Å². The van der Waals surface area contributed by atoms with Crippen LogP contribution in [0.3, 0.4) is 0 Å². The van der Waals surface area contributed by atoms with Gasteiger partial charge in [0.1, 0.15) is 0 Å². The van der Waals surface area contributed by atoms with E-state index in [4.69, 9.17) is 0 Å². The van der Waals surface area contributed by atoms with Crippen molar-refractivity contribution in [2.75, 3.05) is 0 Å². The van der Waals surface area contributed by atoms with Crippen molar-refractivity contribution in [3.63, 3.8) is 0 Å². The van der Waals surface area contributed by atoms with Crippen LogP contribution in [0.1, 0.15) is 48.9 Å². The van der Waals surface area contributed by atoms with E-state index in [1.807, 2.05) is 17.9 Å². The van der Waals surface area contributed by atoms with Gasteiger partial charge in [-0.25, -0.2) is 4.98 Å². The van der Waals surface area contributed by atoms with E-state index in [1.165, 1.54) is 48.6 Å². The summed E-state index contributed by atoms with van der Waals surface area (Å²) in [5.74, 6) is 0. The molecule has 1 saturated carbocycles. The van der Waals surface area contributed by atoms with Gasteiger partial charge in [0.05, 0.1) is 5.69 Å². The first kappa shape index (κ1) is 17.2. The lowest BCUT2D eigenvalue weighted by atomic mass is 9.93. The Kier molecular flexibility index (Phi) is 5.02. The van der Waals surface area contributed by atoms with Crippen LogP contribution in [0.4, 0.5) is 0 Å². The molecule has 136 valence electrons. The van der Waals surface area contributed by atoms with Crippen LogP contribution in [0, 0.1) is 6.92 Å². The molecule has 3 aromatic rings. The first-order valence-corrected chi connectivity index (χ1v) is 9.77. The molecule has 2 heterocycles. The van der Waals surface area contributed by atoms with Gasteiger partial charge in [-0.1, -0.05) is 49.6 Å². The highest BCUT2D eigenvalue weighted by molar-refractivity contribution is 5.78. The second kappa shape index (κ2) is 7.58. The fourth-order valence-corrected chi connectivity index (χ4v) is 4.25. The zero-order chi connectivity index (χ0) is 17.9. The van der Waals surface area contributed by atoms with Gasteiger partial charge in [0.25, 0.3) is 0 Å². The number of pyridine rings is 1. The zero-order valence-electron chi connectivity index (χ0n) is 15.9. The maximum Gasteiger partial charge on any atom is 0.157 e. The number of nitrogens with zero attached hydrogens (tertiary/aromatic N) is 4. The van der Waals surface area contributed by atoms with E-state index in [0.29, 0.717) is 6.04 Å². The Balaban J connectivity index is 1.60. The Bertz CT molecular complexity index is 862. The highest BCUT2D eigenvalue weighted by atomic mass is 15.3. The molecule has 0 saturated heterocycles. The third kappa shape index (κ3) is 3.65. The van der Waals surface area contributed by atoms with Gasteiger partial charge in [0.2, 0.25) is 0 Å².